The van der Waals surface area contributed by atoms with E-state index in [1.54, 1.807) is 6.07 Å². The fourth-order valence-electron chi connectivity index (χ4n) is 2.43. The van der Waals surface area contributed by atoms with Gasteiger partial charge in [0.15, 0.2) is 0 Å². The van der Waals surface area contributed by atoms with E-state index in [0.717, 1.165) is 23.4 Å². The molecule has 0 aromatic heterocycles. The van der Waals surface area contributed by atoms with Crippen molar-refractivity contribution in [2.24, 2.45) is 0 Å². The minimum Gasteiger partial charge on any atom is -0.494 e. The first-order valence-corrected chi connectivity index (χ1v) is 7.44. The van der Waals surface area contributed by atoms with E-state index in [2.05, 4.69) is 18.3 Å². The fraction of sp³-hybridized carbons (Fsp3) is 0.333. The van der Waals surface area contributed by atoms with Crippen LogP contribution in [-0.4, -0.2) is 13.2 Å². The Labute approximate surface area is 126 Å². The third-order valence-corrected chi connectivity index (χ3v) is 3.40. The number of hydrogen-bond acceptors (Lipinski definition) is 2. The summed E-state index contributed by atoms with van der Waals surface area (Å²) in [4.78, 5) is 0. The monoisotopic (exact) mass is 287 g/mol. The zero-order valence-corrected chi connectivity index (χ0v) is 12.6. The molecule has 0 saturated carbocycles. The van der Waals surface area contributed by atoms with Crippen molar-refractivity contribution in [2.75, 3.05) is 13.2 Å². The SMILES string of the molecule is CCNC(Cc1ccccc1F)c1cccc(OCC)c1. The lowest BCUT2D eigenvalue weighted by Gasteiger charge is -2.19. The minimum atomic E-state index is -0.152. The van der Waals surface area contributed by atoms with Crippen LogP contribution in [0.15, 0.2) is 48.5 Å². The first-order valence-electron chi connectivity index (χ1n) is 7.44. The van der Waals surface area contributed by atoms with Crippen molar-refractivity contribution in [3.63, 3.8) is 0 Å². The lowest BCUT2D eigenvalue weighted by molar-refractivity contribution is 0.339. The van der Waals surface area contributed by atoms with Crippen molar-refractivity contribution in [1.82, 2.24) is 5.32 Å². The van der Waals surface area contributed by atoms with Crippen molar-refractivity contribution in [3.05, 3.63) is 65.5 Å². The Kier molecular flexibility index (Phi) is 5.76. The van der Waals surface area contributed by atoms with Gasteiger partial charge in [0, 0.05) is 6.04 Å². The smallest absolute Gasteiger partial charge is 0.126 e. The number of nitrogens with one attached hydrogen (secondary N) is 1. The highest BCUT2D eigenvalue weighted by Gasteiger charge is 2.14. The van der Waals surface area contributed by atoms with Gasteiger partial charge < -0.3 is 10.1 Å². The fourth-order valence-corrected chi connectivity index (χ4v) is 2.43. The summed E-state index contributed by atoms with van der Waals surface area (Å²) in [5.74, 6) is 0.702. The van der Waals surface area contributed by atoms with Crippen LogP contribution < -0.4 is 10.1 Å². The quantitative estimate of drug-likeness (QED) is 0.827. The summed E-state index contributed by atoms with van der Waals surface area (Å²) in [6, 6.07) is 15.0. The Hall–Kier alpha value is -1.87. The average molecular weight is 287 g/mol. The molecule has 1 atom stereocenters. The van der Waals surface area contributed by atoms with Crippen molar-refractivity contribution in [1.29, 1.82) is 0 Å². The van der Waals surface area contributed by atoms with E-state index in [9.17, 15) is 4.39 Å². The van der Waals surface area contributed by atoms with Gasteiger partial charge in [-0.2, -0.15) is 0 Å². The van der Waals surface area contributed by atoms with Crippen LogP contribution in [0.1, 0.15) is 31.0 Å². The summed E-state index contributed by atoms with van der Waals surface area (Å²) >= 11 is 0. The van der Waals surface area contributed by atoms with Gasteiger partial charge in [-0.05, 0) is 49.2 Å². The Balaban J connectivity index is 2.22. The first-order chi connectivity index (χ1) is 10.2. The summed E-state index contributed by atoms with van der Waals surface area (Å²) in [7, 11) is 0. The molecule has 2 rings (SSSR count). The van der Waals surface area contributed by atoms with Gasteiger partial charge in [0.05, 0.1) is 6.61 Å². The third-order valence-electron chi connectivity index (χ3n) is 3.40. The second kappa shape index (κ2) is 7.79. The summed E-state index contributed by atoms with van der Waals surface area (Å²) in [6.07, 6.45) is 0.621. The molecule has 0 spiro atoms. The molecule has 0 radical (unpaired) electrons. The molecular weight excluding hydrogens is 265 g/mol. The lowest BCUT2D eigenvalue weighted by Crippen LogP contribution is -2.23. The predicted octanol–water partition coefficient (Wildman–Crippen LogP) is 4.12. The van der Waals surface area contributed by atoms with Gasteiger partial charge in [-0.1, -0.05) is 37.3 Å². The van der Waals surface area contributed by atoms with Gasteiger partial charge >= 0.3 is 0 Å². The molecule has 3 heteroatoms. The molecule has 0 aliphatic heterocycles. The Morgan fingerprint density at radius 2 is 1.90 bits per heavy atom. The largest absolute Gasteiger partial charge is 0.494 e. The van der Waals surface area contributed by atoms with E-state index in [1.807, 2.05) is 37.3 Å². The molecule has 21 heavy (non-hydrogen) atoms. The minimum absolute atomic E-state index is 0.0762. The highest BCUT2D eigenvalue weighted by molar-refractivity contribution is 5.32. The van der Waals surface area contributed by atoms with Crippen LogP contribution in [0, 0.1) is 5.82 Å². The van der Waals surface area contributed by atoms with Crippen LogP contribution in [0.5, 0.6) is 5.75 Å². The summed E-state index contributed by atoms with van der Waals surface area (Å²) < 4.78 is 19.4. The molecule has 1 N–H and O–H groups in total. The van der Waals surface area contributed by atoms with Crippen LogP contribution in [0.4, 0.5) is 4.39 Å². The normalized spacial score (nSPS) is 12.1. The molecular formula is C18H22FNO. The van der Waals surface area contributed by atoms with Gasteiger partial charge in [-0.15, -0.1) is 0 Å². The second-order valence-electron chi connectivity index (χ2n) is 4.91. The van der Waals surface area contributed by atoms with E-state index in [4.69, 9.17) is 4.74 Å². The lowest BCUT2D eigenvalue weighted by atomic mass is 9.98. The maximum absolute atomic E-state index is 13.9. The Bertz CT molecular complexity index is 571. The molecule has 0 aliphatic carbocycles. The molecule has 2 aromatic carbocycles. The first kappa shape index (κ1) is 15.5. The van der Waals surface area contributed by atoms with E-state index < -0.39 is 0 Å². The van der Waals surface area contributed by atoms with Crippen molar-refractivity contribution < 1.29 is 9.13 Å². The van der Waals surface area contributed by atoms with E-state index in [0.29, 0.717) is 13.0 Å². The molecule has 2 nitrogen and oxygen atoms in total. The zero-order chi connectivity index (χ0) is 15.1. The zero-order valence-electron chi connectivity index (χ0n) is 12.6. The van der Waals surface area contributed by atoms with Gasteiger partial charge in [-0.3, -0.25) is 0 Å². The molecule has 0 bridgehead atoms. The molecule has 0 saturated heterocycles. The van der Waals surface area contributed by atoms with Gasteiger partial charge in [0.2, 0.25) is 0 Å². The van der Waals surface area contributed by atoms with Crippen molar-refractivity contribution >= 4 is 0 Å². The van der Waals surface area contributed by atoms with Gasteiger partial charge in [0.1, 0.15) is 11.6 Å². The standard InChI is InChI=1S/C18H22FNO/c1-3-20-18(13-14-8-5-6-11-17(14)19)15-9-7-10-16(12-15)21-4-2/h5-12,18,20H,3-4,13H2,1-2H3. The van der Waals surface area contributed by atoms with Crippen molar-refractivity contribution in [2.45, 2.75) is 26.3 Å². The number of benzene rings is 2. The summed E-state index contributed by atoms with van der Waals surface area (Å²) in [6.45, 7) is 5.50. The topological polar surface area (TPSA) is 21.3 Å². The number of ether oxygens (including phenoxy) is 1. The highest BCUT2D eigenvalue weighted by atomic mass is 19.1. The van der Waals surface area contributed by atoms with Gasteiger partial charge in [0.25, 0.3) is 0 Å². The summed E-state index contributed by atoms with van der Waals surface area (Å²) in [5.41, 5.74) is 1.84. The van der Waals surface area contributed by atoms with Crippen LogP contribution >= 0.6 is 0 Å². The number of likely N-dealkylation sites (N-methyl/N-ethyl adjacent to an activating group) is 1. The van der Waals surface area contributed by atoms with E-state index in [1.165, 1.54) is 6.07 Å². The second-order valence-corrected chi connectivity index (χ2v) is 4.91. The average Bonchev–Trinajstić information content (AvgIpc) is 2.49. The van der Waals surface area contributed by atoms with Crippen LogP contribution in [-0.2, 0) is 6.42 Å². The third kappa shape index (κ3) is 4.30. The predicted molar refractivity (Wildman–Crippen MR) is 84.1 cm³/mol. The number of halogens is 1. The molecule has 2 aromatic rings. The van der Waals surface area contributed by atoms with Crippen LogP contribution in [0.3, 0.4) is 0 Å². The number of hydrogen-bond donors (Lipinski definition) is 1. The molecule has 1 unspecified atom stereocenters. The van der Waals surface area contributed by atoms with Crippen LogP contribution in [0.25, 0.3) is 0 Å². The van der Waals surface area contributed by atoms with Crippen molar-refractivity contribution in [3.8, 4) is 5.75 Å². The molecule has 0 amide bonds. The van der Waals surface area contributed by atoms with Gasteiger partial charge in [-0.25, -0.2) is 4.39 Å². The maximum atomic E-state index is 13.9. The maximum Gasteiger partial charge on any atom is 0.126 e. The molecule has 0 fully saturated rings. The Morgan fingerprint density at radius 3 is 2.62 bits per heavy atom. The number of rotatable bonds is 7. The van der Waals surface area contributed by atoms with E-state index in [-0.39, 0.29) is 11.9 Å². The molecule has 0 aliphatic rings. The van der Waals surface area contributed by atoms with E-state index >= 15 is 0 Å². The highest BCUT2D eigenvalue weighted by Crippen LogP contribution is 2.23. The molecule has 0 heterocycles. The summed E-state index contributed by atoms with van der Waals surface area (Å²) in [5, 5.41) is 3.42. The Morgan fingerprint density at radius 1 is 1.10 bits per heavy atom. The molecule has 112 valence electrons. The van der Waals surface area contributed by atoms with Crippen LogP contribution in [0.2, 0.25) is 0 Å².